The van der Waals surface area contributed by atoms with Gasteiger partial charge in [-0.3, -0.25) is 0 Å². The van der Waals surface area contributed by atoms with Crippen molar-refractivity contribution in [1.82, 2.24) is 0 Å². The molecule has 13 heavy (non-hydrogen) atoms. The van der Waals surface area contributed by atoms with Crippen molar-refractivity contribution in [3.8, 4) is 0 Å². The Morgan fingerprint density at radius 1 is 1.31 bits per heavy atom. The van der Waals surface area contributed by atoms with Crippen LogP contribution in [0.2, 0.25) is 0 Å². The zero-order chi connectivity index (χ0) is 10.1. The molecule has 0 radical (unpaired) electrons. The first-order valence-electron chi connectivity index (χ1n) is 5.39. The highest BCUT2D eigenvalue weighted by atomic mass is 14.7. The van der Waals surface area contributed by atoms with E-state index in [-0.39, 0.29) is 0 Å². The van der Waals surface area contributed by atoms with Gasteiger partial charge >= 0.3 is 0 Å². The van der Waals surface area contributed by atoms with Gasteiger partial charge < -0.3 is 11.5 Å². The van der Waals surface area contributed by atoms with E-state index in [0.717, 1.165) is 19.4 Å². The Morgan fingerprint density at radius 2 is 1.92 bits per heavy atom. The van der Waals surface area contributed by atoms with E-state index in [4.69, 9.17) is 11.5 Å². The van der Waals surface area contributed by atoms with Gasteiger partial charge in [-0.25, -0.2) is 0 Å². The summed E-state index contributed by atoms with van der Waals surface area (Å²) in [6.07, 6.45) is 4.67. The molecule has 4 N–H and O–H groups in total. The van der Waals surface area contributed by atoms with Crippen molar-refractivity contribution in [2.45, 2.75) is 52.5 Å². The van der Waals surface area contributed by atoms with E-state index >= 15 is 0 Å². The minimum atomic E-state index is 0.321. The van der Waals surface area contributed by atoms with Gasteiger partial charge in [-0.1, -0.05) is 20.8 Å². The molecule has 0 aliphatic heterocycles. The third-order valence-electron chi connectivity index (χ3n) is 3.55. The predicted molar refractivity (Wildman–Crippen MR) is 57.4 cm³/mol. The summed E-state index contributed by atoms with van der Waals surface area (Å²) < 4.78 is 0. The normalized spacial score (nSPS) is 39.0. The molecule has 2 atom stereocenters. The molecule has 2 nitrogen and oxygen atoms in total. The second-order valence-electron chi connectivity index (χ2n) is 5.57. The first-order valence-corrected chi connectivity index (χ1v) is 5.39. The van der Waals surface area contributed by atoms with E-state index in [1.165, 1.54) is 12.8 Å². The summed E-state index contributed by atoms with van der Waals surface area (Å²) in [5.74, 6) is 0. The summed E-state index contributed by atoms with van der Waals surface area (Å²) in [5, 5.41) is 0. The maximum absolute atomic E-state index is 6.08. The molecule has 0 heterocycles. The van der Waals surface area contributed by atoms with E-state index in [1.54, 1.807) is 0 Å². The lowest BCUT2D eigenvalue weighted by molar-refractivity contribution is 0.0714. The van der Waals surface area contributed by atoms with E-state index < -0.39 is 0 Å². The van der Waals surface area contributed by atoms with Crippen molar-refractivity contribution in [3.05, 3.63) is 0 Å². The molecule has 1 rings (SSSR count). The largest absolute Gasteiger partial charge is 0.330 e. The van der Waals surface area contributed by atoms with Crippen molar-refractivity contribution in [3.63, 3.8) is 0 Å². The number of rotatable bonds is 2. The lowest BCUT2D eigenvalue weighted by atomic mass is 9.61. The molecule has 0 bridgehead atoms. The first kappa shape index (κ1) is 11.0. The second kappa shape index (κ2) is 3.58. The topological polar surface area (TPSA) is 52.0 Å². The Balaban J connectivity index is 2.76. The lowest BCUT2D eigenvalue weighted by Gasteiger charge is -2.46. The van der Waals surface area contributed by atoms with Crippen molar-refractivity contribution in [2.75, 3.05) is 6.54 Å². The fourth-order valence-corrected chi connectivity index (χ4v) is 3.07. The molecule has 1 aliphatic carbocycles. The van der Waals surface area contributed by atoms with Gasteiger partial charge in [0.05, 0.1) is 0 Å². The first-order chi connectivity index (χ1) is 5.93. The molecule has 0 amide bonds. The van der Waals surface area contributed by atoms with Crippen LogP contribution in [0.25, 0.3) is 0 Å². The summed E-state index contributed by atoms with van der Waals surface area (Å²) in [7, 11) is 0. The summed E-state index contributed by atoms with van der Waals surface area (Å²) >= 11 is 0. The molecule has 1 aliphatic rings. The maximum Gasteiger partial charge on any atom is 0.00496 e. The fourth-order valence-electron chi connectivity index (χ4n) is 3.07. The zero-order valence-corrected chi connectivity index (χ0v) is 9.27. The van der Waals surface area contributed by atoms with Gasteiger partial charge in [0.1, 0.15) is 0 Å². The van der Waals surface area contributed by atoms with Crippen LogP contribution in [0, 0.1) is 10.8 Å². The fraction of sp³-hybridized carbons (Fsp3) is 1.00. The highest BCUT2D eigenvalue weighted by molar-refractivity contribution is 4.95. The van der Waals surface area contributed by atoms with Crippen molar-refractivity contribution in [2.24, 2.45) is 22.3 Å². The molecule has 0 saturated heterocycles. The monoisotopic (exact) mass is 184 g/mol. The van der Waals surface area contributed by atoms with Gasteiger partial charge in [0, 0.05) is 6.04 Å². The smallest absolute Gasteiger partial charge is 0.00496 e. The van der Waals surface area contributed by atoms with Crippen LogP contribution in [0.15, 0.2) is 0 Å². The molecule has 0 spiro atoms. The molecule has 78 valence electrons. The quantitative estimate of drug-likeness (QED) is 0.688. The highest BCUT2D eigenvalue weighted by Crippen LogP contribution is 2.46. The third kappa shape index (κ3) is 2.44. The molecule has 1 fully saturated rings. The summed E-state index contributed by atoms with van der Waals surface area (Å²) in [4.78, 5) is 0. The molecular formula is C11H24N2. The van der Waals surface area contributed by atoms with Gasteiger partial charge in [0.2, 0.25) is 0 Å². The Hall–Kier alpha value is -0.0800. The minimum absolute atomic E-state index is 0.321. The predicted octanol–water partition coefficient (Wildman–Crippen LogP) is 1.88. The van der Waals surface area contributed by atoms with Gasteiger partial charge in [-0.05, 0) is 43.1 Å². The van der Waals surface area contributed by atoms with Crippen LogP contribution >= 0.6 is 0 Å². The Kier molecular flexibility index (Phi) is 3.03. The Bertz CT molecular complexity index is 171. The number of hydrogen-bond acceptors (Lipinski definition) is 2. The van der Waals surface area contributed by atoms with Crippen LogP contribution in [0.3, 0.4) is 0 Å². The van der Waals surface area contributed by atoms with Crippen LogP contribution < -0.4 is 11.5 Å². The standard InChI is InChI=1S/C11H24N2/c1-4-11(8-12)6-9(13)5-10(2,3)7-11/h9H,4-8,12-13H2,1-3H3. The number of hydrogen-bond donors (Lipinski definition) is 2. The Morgan fingerprint density at radius 3 is 2.31 bits per heavy atom. The van der Waals surface area contributed by atoms with Crippen molar-refractivity contribution >= 4 is 0 Å². The molecule has 1 saturated carbocycles. The molecule has 2 unspecified atom stereocenters. The third-order valence-corrected chi connectivity index (χ3v) is 3.55. The molecule has 0 aromatic rings. The van der Waals surface area contributed by atoms with Crippen LogP contribution in [0.4, 0.5) is 0 Å². The van der Waals surface area contributed by atoms with E-state index in [0.29, 0.717) is 16.9 Å². The zero-order valence-electron chi connectivity index (χ0n) is 9.27. The van der Waals surface area contributed by atoms with E-state index in [1.807, 2.05) is 0 Å². The van der Waals surface area contributed by atoms with Crippen LogP contribution in [0.1, 0.15) is 46.5 Å². The highest BCUT2D eigenvalue weighted by Gasteiger charge is 2.40. The Labute approximate surface area is 82.1 Å². The molecular weight excluding hydrogens is 160 g/mol. The summed E-state index contributed by atoms with van der Waals surface area (Å²) in [6, 6.07) is 0.354. The van der Waals surface area contributed by atoms with Gasteiger partial charge in [-0.15, -0.1) is 0 Å². The van der Waals surface area contributed by atoms with E-state index in [2.05, 4.69) is 20.8 Å². The number of nitrogens with two attached hydrogens (primary N) is 2. The minimum Gasteiger partial charge on any atom is -0.330 e. The van der Waals surface area contributed by atoms with Crippen molar-refractivity contribution < 1.29 is 0 Å². The average molecular weight is 184 g/mol. The van der Waals surface area contributed by atoms with Crippen LogP contribution in [0.5, 0.6) is 0 Å². The molecule has 0 aromatic heterocycles. The van der Waals surface area contributed by atoms with Crippen LogP contribution in [-0.2, 0) is 0 Å². The van der Waals surface area contributed by atoms with Crippen LogP contribution in [-0.4, -0.2) is 12.6 Å². The molecule has 0 aromatic carbocycles. The molecule has 2 heteroatoms. The van der Waals surface area contributed by atoms with Gasteiger partial charge in [0.15, 0.2) is 0 Å². The maximum atomic E-state index is 6.08. The van der Waals surface area contributed by atoms with Gasteiger partial charge in [0.25, 0.3) is 0 Å². The van der Waals surface area contributed by atoms with Gasteiger partial charge in [-0.2, -0.15) is 0 Å². The van der Waals surface area contributed by atoms with Crippen molar-refractivity contribution in [1.29, 1.82) is 0 Å². The summed E-state index contributed by atoms with van der Waals surface area (Å²) in [5.41, 5.74) is 12.7. The summed E-state index contributed by atoms with van der Waals surface area (Å²) in [6.45, 7) is 7.65. The lowest BCUT2D eigenvalue weighted by Crippen LogP contribution is -2.46. The van der Waals surface area contributed by atoms with E-state index in [9.17, 15) is 0 Å². The average Bonchev–Trinajstić information content (AvgIpc) is 2.00. The SMILES string of the molecule is CCC1(CN)CC(N)CC(C)(C)C1. The second-order valence-corrected chi connectivity index (χ2v) is 5.57.